The first kappa shape index (κ1) is 26.8. The molecule has 0 unspecified atom stereocenters. The highest BCUT2D eigenvalue weighted by Crippen LogP contribution is 2.51. The zero-order valence-electron chi connectivity index (χ0n) is 23.2. The van der Waals surface area contributed by atoms with Gasteiger partial charge in [0.05, 0.1) is 39.9 Å². The molecule has 3 fully saturated rings. The van der Waals surface area contributed by atoms with Crippen LogP contribution in [0, 0.1) is 31.6 Å². The van der Waals surface area contributed by atoms with E-state index in [2.05, 4.69) is 15.6 Å². The summed E-state index contributed by atoms with van der Waals surface area (Å²) in [6, 6.07) is 1.50. The predicted molar refractivity (Wildman–Crippen MR) is 154 cm³/mol. The zero-order chi connectivity index (χ0) is 27.5. The molecule has 0 aliphatic heterocycles. The highest BCUT2D eigenvalue weighted by Gasteiger charge is 2.50. The maximum atomic E-state index is 11.0. The Morgan fingerprint density at radius 3 is 2.44 bits per heavy atom. The van der Waals surface area contributed by atoms with Gasteiger partial charge < -0.3 is 26.0 Å². The third-order valence-corrected chi connectivity index (χ3v) is 10.3. The average Bonchev–Trinajstić information content (AvgIpc) is 3.24. The van der Waals surface area contributed by atoms with Crippen LogP contribution < -0.4 is 10.6 Å². The lowest BCUT2D eigenvalue weighted by molar-refractivity contribution is -0.0345. The Bertz CT molecular complexity index is 1350. The number of nitrogens with one attached hydrogen (secondary N) is 2. The monoisotopic (exact) mass is 552 g/mol. The smallest absolute Gasteiger partial charge is 0.225 e. The van der Waals surface area contributed by atoms with E-state index in [1.54, 1.807) is 17.5 Å². The second-order valence-electron chi connectivity index (χ2n) is 12.2. The van der Waals surface area contributed by atoms with E-state index in [1.807, 2.05) is 33.8 Å². The largest absolute Gasteiger partial charge is 0.392 e. The molecule has 3 aliphatic rings. The van der Waals surface area contributed by atoms with Gasteiger partial charge >= 0.3 is 0 Å². The molecule has 0 aromatic carbocycles. The highest BCUT2D eigenvalue weighted by molar-refractivity contribution is 7.21. The lowest BCUT2D eigenvalue weighted by Gasteiger charge is -2.26. The van der Waals surface area contributed by atoms with Crippen LogP contribution in [0.15, 0.2) is 12.3 Å². The van der Waals surface area contributed by atoms with Gasteiger partial charge in [0.25, 0.3) is 0 Å². The van der Waals surface area contributed by atoms with Crippen molar-refractivity contribution in [2.45, 2.75) is 103 Å². The summed E-state index contributed by atoms with van der Waals surface area (Å²) >= 11 is 1.57. The number of aromatic nitrogens is 4. The molecule has 3 aliphatic carbocycles. The minimum atomic E-state index is -1.03. The SMILES string of the molecule is Cc1nc(NC2(C3CCCC3)CC2)nc(N[C@@H]2C[C@H]([C@H](O)C(C)C)[C@@H](O)[C@H]2O)c1-c1nc2c(C)nccc2s1. The number of nitrogens with zero attached hydrogens (tertiary/aromatic N) is 4. The van der Waals surface area contributed by atoms with E-state index in [0.29, 0.717) is 24.1 Å². The Kier molecular flexibility index (Phi) is 7.02. The zero-order valence-corrected chi connectivity index (χ0v) is 24.0. The van der Waals surface area contributed by atoms with Crippen molar-refractivity contribution < 1.29 is 15.3 Å². The quantitative estimate of drug-likeness (QED) is 0.275. The van der Waals surface area contributed by atoms with Crippen molar-refractivity contribution in [3.8, 4) is 10.6 Å². The molecule has 5 N–H and O–H groups in total. The molecular weight excluding hydrogens is 512 g/mol. The molecule has 6 rings (SSSR count). The Morgan fingerprint density at radius 2 is 1.77 bits per heavy atom. The maximum absolute atomic E-state index is 11.0. The molecule has 0 saturated heterocycles. The summed E-state index contributed by atoms with van der Waals surface area (Å²) in [6.45, 7) is 7.79. The van der Waals surface area contributed by atoms with Crippen molar-refractivity contribution in [1.82, 2.24) is 19.9 Å². The van der Waals surface area contributed by atoms with Crippen LogP contribution in [0.25, 0.3) is 20.8 Å². The van der Waals surface area contributed by atoms with Crippen molar-refractivity contribution in [3.63, 3.8) is 0 Å². The van der Waals surface area contributed by atoms with Gasteiger partial charge in [0.1, 0.15) is 22.4 Å². The average molecular weight is 553 g/mol. The van der Waals surface area contributed by atoms with Gasteiger partial charge in [-0.15, -0.1) is 11.3 Å². The molecule has 210 valence electrons. The lowest BCUT2D eigenvalue weighted by Crippen LogP contribution is -2.38. The lowest BCUT2D eigenvalue weighted by atomic mass is 9.90. The van der Waals surface area contributed by atoms with E-state index >= 15 is 0 Å². The molecule has 3 saturated carbocycles. The number of aryl methyl sites for hydroxylation is 2. The second-order valence-corrected chi connectivity index (χ2v) is 13.3. The van der Waals surface area contributed by atoms with Crippen molar-refractivity contribution >= 4 is 33.3 Å². The molecule has 3 aromatic heterocycles. The highest BCUT2D eigenvalue weighted by atomic mass is 32.1. The van der Waals surface area contributed by atoms with Crippen LogP contribution in [-0.2, 0) is 0 Å². The van der Waals surface area contributed by atoms with Crippen LogP contribution in [0.5, 0.6) is 0 Å². The van der Waals surface area contributed by atoms with Gasteiger partial charge in [0.15, 0.2) is 0 Å². The van der Waals surface area contributed by atoms with Crippen LogP contribution in [0.1, 0.15) is 70.2 Å². The number of fused-ring (bicyclic) bond motifs is 1. The van der Waals surface area contributed by atoms with Crippen molar-refractivity contribution in [2.24, 2.45) is 17.8 Å². The fourth-order valence-corrected chi connectivity index (χ4v) is 7.88. The van der Waals surface area contributed by atoms with Gasteiger partial charge in [-0.2, -0.15) is 4.98 Å². The standard InChI is InChI=1S/C29H40N6O3S/c1-14(2)23(36)18-13-19(25(38)24(18)37)32-26-21(27-33-22-16(4)30-12-9-20(22)39-27)15(3)31-28(34-26)35-29(10-11-29)17-7-5-6-8-17/h9,12,14,17-19,23-25,36-38H,5-8,10-11,13H2,1-4H3,(H2,31,32,34,35)/t18-,19-,23-,24-,25+/m1/s1. The summed E-state index contributed by atoms with van der Waals surface area (Å²) in [5, 5.41) is 40.5. The molecule has 0 amide bonds. The normalized spacial score (nSPS) is 27.4. The van der Waals surface area contributed by atoms with Gasteiger partial charge in [-0.1, -0.05) is 26.7 Å². The van der Waals surface area contributed by atoms with Crippen molar-refractivity contribution in [2.75, 3.05) is 10.6 Å². The summed E-state index contributed by atoms with van der Waals surface area (Å²) in [5.41, 5.74) is 3.40. The van der Waals surface area contributed by atoms with E-state index < -0.39 is 30.3 Å². The summed E-state index contributed by atoms with van der Waals surface area (Å²) in [6.07, 6.45) is 6.83. The minimum Gasteiger partial charge on any atom is -0.392 e. The summed E-state index contributed by atoms with van der Waals surface area (Å²) in [5.74, 6) is 1.40. The number of anilines is 2. The molecule has 39 heavy (non-hydrogen) atoms. The molecule has 10 heteroatoms. The van der Waals surface area contributed by atoms with Crippen LogP contribution in [0.3, 0.4) is 0 Å². The van der Waals surface area contributed by atoms with Gasteiger partial charge in [-0.25, -0.2) is 9.97 Å². The Labute approximate surface area is 233 Å². The van der Waals surface area contributed by atoms with Crippen LogP contribution in [0.4, 0.5) is 11.8 Å². The first-order valence-corrected chi connectivity index (χ1v) is 15.2. The first-order valence-electron chi connectivity index (χ1n) is 14.4. The minimum absolute atomic E-state index is 0.0202. The number of thiazole rings is 1. The number of pyridine rings is 1. The third-order valence-electron chi connectivity index (χ3n) is 9.25. The van der Waals surface area contributed by atoms with E-state index in [-0.39, 0.29) is 11.5 Å². The maximum Gasteiger partial charge on any atom is 0.225 e. The molecule has 5 atom stereocenters. The first-order chi connectivity index (χ1) is 18.7. The summed E-state index contributed by atoms with van der Waals surface area (Å²) in [7, 11) is 0. The van der Waals surface area contributed by atoms with Crippen molar-refractivity contribution in [1.29, 1.82) is 0 Å². The number of rotatable bonds is 8. The molecular formula is C29H40N6O3S. The topological polar surface area (TPSA) is 136 Å². The number of aliphatic hydroxyl groups is 3. The molecule has 0 spiro atoms. The molecule has 9 nitrogen and oxygen atoms in total. The third kappa shape index (κ3) is 4.90. The van der Waals surface area contributed by atoms with E-state index in [0.717, 1.165) is 45.0 Å². The van der Waals surface area contributed by atoms with Crippen molar-refractivity contribution in [3.05, 3.63) is 23.7 Å². The van der Waals surface area contributed by atoms with Gasteiger partial charge in [0.2, 0.25) is 5.95 Å². The van der Waals surface area contributed by atoms with Crippen LogP contribution >= 0.6 is 11.3 Å². The second kappa shape index (κ2) is 10.2. The Balaban J connectivity index is 1.38. The molecule has 0 radical (unpaired) electrons. The van der Waals surface area contributed by atoms with E-state index in [9.17, 15) is 15.3 Å². The number of aliphatic hydroxyl groups excluding tert-OH is 3. The van der Waals surface area contributed by atoms with E-state index in [4.69, 9.17) is 15.0 Å². The Morgan fingerprint density at radius 1 is 1.03 bits per heavy atom. The van der Waals surface area contributed by atoms with Crippen LogP contribution in [-0.4, -0.2) is 65.1 Å². The summed E-state index contributed by atoms with van der Waals surface area (Å²) < 4.78 is 1.04. The summed E-state index contributed by atoms with van der Waals surface area (Å²) in [4.78, 5) is 19.2. The fourth-order valence-electron chi connectivity index (χ4n) is 6.77. The predicted octanol–water partition coefficient (Wildman–Crippen LogP) is 4.44. The van der Waals surface area contributed by atoms with Gasteiger partial charge in [-0.05, 0) is 63.9 Å². The number of hydrogen-bond acceptors (Lipinski definition) is 10. The van der Waals surface area contributed by atoms with Crippen LogP contribution in [0.2, 0.25) is 0 Å². The molecule has 3 heterocycles. The molecule has 0 bridgehead atoms. The van der Waals surface area contributed by atoms with E-state index in [1.165, 1.54) is 25.7 Å². The Hall–Kier alpha value is -2.40. The molecule has 3 aromatic rings. The van der Waals surface area contributed by atoms with Gasteiger partial charge in [0, 0.05) is 17.7 Å². The fraction of sp³-hybridized carbons (Fsp3) is 0.655. The number of hydrogen-bond donors (Lipinski definition) is 5. The van der Waals surface area contributed by atoms with Gasteiger partial charge in [-0.3, -0.25) is 4.98 Å².